The molecule has 2 fully saturated rings. The molecule has 0 radical (unpaired) electrons. The number of β-amino-alcohol motifs (C(OH)–C–C–N with tert-alkyl or cyclic N) is 2. The van der Waals surface area contributed by atoms with Crippen LogP contribution in [-0.2, 0) is 9.53 Å². The van der Waals surface area contributed by atoms with Gasteiger partial charge in [0, 0.05) is 58.1 Å². The van der Waals surface area contributed by atoms with E-state index >= 15 is 0 Å². The van der Waals surface area contributed by atoms with E-state index in [1.54, 1.807) is 17.0 Å². The van der Waals surface area contributed by atoms with Gasteiger partial charge in [-0.3, -0.25) is 9.69 Å². The van der Waals surface area contributed by atoms with Gasteiger partial charge in [0.1, 0.15) is 30.4 Å². The van der Waals surface area contributed by atoms with Crippen LogP contribution in [0.3, 0.4) is 0 Å². The maximum absolute atomic E-state index is 13.6. The van der Waals surface area contributed by atoms with E-state index in [0.717, 1.165) is 18.8 Å². The van der Waals surface area contributed by atoms with Gasteiger partial charge in [-0.05, 0) is 49.6 Å². The molecule has 0 aliphatic carbocycles. The van der Waals surface area contributed by atoms with Crippen molar-refractivity contribution in [3.63, 3.8) is 0 Å². The SMILES string of the molecule is COCC(=O)N1CCN(CC2(O)CCN(c3cccc(C)c3)CC2)C[C@](O)(COc2cccc(F)c2)C1. The number of halogens is 1. The quantitative estimate of drug-likeness (QED) is 0.557. The smallest absolute Gasteiger partial charge is 0.248 e. The van der Waals surface area contributed by atoms with E-state index in [4.69, 9.17) is 9.47 Å². The van der Waals surface area contributed by atoms with Crippen LogP contribution >= 0.6 is 0 Å². The number of hydrogen-bond acceptors (Lipinski definition) is 7. The Hall–Kier alpha value is -2.72. The number of hydrogen-bond donors (Lipinski definition) is 2. The summed E-state index contributed by atoms with van der Waals surface area (Å²) in [5.74, 6) is -0.344. The predicted octanol–water partition coefficient (Wildman–Crippen LogP) is 2.07. The molecule has 202 valence electrons. The van der Waals surface area contributed by atoms with Gasteiger partial charge in [0.25, 0.3) is 0 Å². The van der Waals surface area contributed by atoms with E-state index in [2.05, 4.69) is 30.0 Å². The Morgan fingerprint density at radius 1 is 1.00 bits per heavy atom. The molecule has 2 heterocycles. The highest BCUT2D eigenvalue weighted by atomic mass is 19.1. The average molecular weight is 516 g/mol. The highest BCUT2D eigenvalue weighted by molar-refractivity contribution is 5.77. The molecule has 0 saturated carbocycles. The molecule has 8 nitrogen and oxygen atoms in total. The maximum Gasteiger partial charge on any atom is 0.248 e. The molecule has 2 saturated heterocycles. The first-order valence-electron chi connectivity index (χ1n) is 12.8. The van der Waals surface area contributed by atoms with Crippen LogP contribution in [0, 0.1) is 12.7 Å². The lowest BCUT2D eigenvalue weighted by Crippen LogP contribution is -2.56. The van der Waals surface area contributed by atoms with Crippen LogP contribution in [-0.4, -0.2) is 103 Å². The van der Waals surface area contributed by atoms with E-state index in [-0.39, 0.29) is 32.2 Å². The van der Waals surface area contributed by atoms with Gasteiger partial charge in [-0.15, -0.1) is 0 Å². The summed E-state index contributed by atoms with van der Waals surface area (Å²) in [4.78, 5) is 18.5. The first-order valence-corrected chi connectivity index (χ1v) is 12.8. The average Bonchev–Trinajstić information content (AvgIpc) is 3.02. The molecule has 0 aromatic heterocycles. The van der Waals surface area contributed by atoms with Crippen molar-refractivity contribution in [3.8, 4) is 5.75 Å². The molecule has 2 aliphatic rings. The molecule has 1 atom stereocenters. The third kappa shape index (κ3) is 7.41. The van der Waals surface area contributed by atoms with Crippen LogP contribution in [0.2, 0.25) is 0 Å². The van der Waals surface area contributed by atoms with Crippen molar-refractivity contribution in [1.82, 2.24) is 9.80 Å². The molecular formula is C28H38FN3O5. The summed E-state index contributed by atoms with van der Waals surface area (Å²) in [5.41, 5.74) is 0.0458. The Labute approximate surface area is 218 Å². The van der Waals surface area contributed by atoms with Gasteiger partial charge in [0.2, 0.25) is 5.91 Å². The molecular weight excluding hydrogens is 477 g/mol. The minimum atomic E-state index is -1.41. The number of aryl methyl sites for hydroxylation is 1. The van der Waals surface area contributed by atoms with Crippen molar-refractivity contribution in [3.05, 3.63) is 59.9 Å². The number of benzene rings is 2. The van der Waals surface area contributed by atoms with Crippen molar-refractivity contribution < 1.29 is 28.9 Å². The second-order valence-corrected chi connectivity index (χ2v) is 10.5. The van der Waals surface area contributed by atoms with E-state index in [1.165, 1.54) is 24.8 Å². The van der Waals surface area contributed by atoms with Crippen molar-refractivity contribution in [2.75, 3.05) is 71.0 Å². The summed E-state index contributed by atoms with van der Waals surface area (Å²) in [5, 5.41) is 23.1. The molecule has 2 aromatic carbocycles. The van der Waals surface area contributed by atoms with Gasteiger partial charge >= 0.3 is 0 Å². The monoisotopic (exact) mass is 515 g/mol. The molecule has 2 N–H and O–H groups in total. The minimum Gasteiger partial charge on any atom is -0.490 e. The number of amides is 1. The van der Waals surface area contributed by atoms with Gasteiger partial charge in [-0.1, -0.05) is 18.2 Å². The third-order valence-corrected chi connectivity index (χ3v) is 7.19. The summed E-state index contributed by atoms with van der Waals surface area (Å²) in [6.07, 6.45) is 1.20. The number of ether oxygens (including phenoxy) is 2. The Morgan fingerprint density at radius 3 is 2.46 bits per heavy atom. The number of aliphatic hydroxyl groups is 2. The summed E-state index contributed by atoms with van der Waals surface area (Å²) in [7, 11) is 1.46. The lowest BCUT2D eigenvalue weighted by atomic mass is 9.90. The molecule has 4 rings (SSSR count). The van der Waals surface area contributed by atoms with Crippen LogP contribution in [0.5, 0.6) is 5.75 Å². The van der Waals surface area contributed by atoms with Gasteiger partial charge in [-0.25, -0.2) is 4.39 Å². The van der Waals surface area contributed by atoms with Gasteiger partial charge in [0.05, 0.1) is 12.1 Å². The fourth-order valence-corrected chi connectivity index (χ4v) is 5.25. The van der Waals surface area contributed by atoms with Gasteiger partial charge in [-0.2, -0.15) is 0 Å². The molecule has 0 bridgehead atoms. The topological polar surface area (TPSA) is 85.7 Å². The van der Waals surface area contributed by atoms with Crippen LogP contribution in [0.25, 0.3) is 0 Å². The molecule has 2 aromatic rings. The maximum atomic E-state index is 13.6. The van der Waals surface area contributed by atoms with Crippen molar-refractivity contribution in [1.29, 1.82) is 0 Å². The van der Waals surface area contributed by atoms with E-state index in [1.807, 2.05) is 11.0 Å². The first kappa shape index (κ1) is 27.3. The van der Waals surface area contributed by atoms with Crippen molar-refractivity contribution in [2.45, 2.75) is 31.0 Å². The highest BCUT2D eigenvalue weighted by Gasteiger charge is 2.41. The summed E-state index contributed by atoms with van der Waals surface area (Å²) >= 11 is 0. The number of piperidine rings is 1. The van der Waals surface area contributed by atoms with E-state index < -0.39 is 17.0 Å². The molecule has 2 aliphatic heterocycles. The normalized spacial score (nSPS) is 22.5. The van der Waals surface area contributed by atoms with Crippen LogP contribution < -0.4 is 9.64 Å². The fraction of sp³-hybridized carbons (Fsp3) is 0.536. The van der Waals surface area contributed by atoms with E-state index in [0.29, 0.717) is 38.2 Å². The standard InChI is InChI=1S/C28H38FN3O5/c1-22-5-3-7-24(15-22)31-11-9-27(34,10-12-31)18-30-13-14-32(26(33)17-36-2)20-28(35,19-30)21-37-25-8-4-6-23(29)16-25/h3-8,15-16,34-35H,9-14,17-21H2,1-2H3/t28-/m1/s1. The fourth-order valence-electron chi connectivity index (χ4n) is 5.25. The number of methoxy groups -OCH3 is 1. The Kier molecular flexibility index (Phi) is 8.69. The lowest BCUT2D eigenvalue weighted by molar-refractivity contribution is -0.138. The van der Waals surface area contributed by atoms with E-state index in [9.17, 15) is 19.4 Å². The number of anilines is 1. The largest absolute Gasteiger partial charge is 0.490 e. The lowest BCUT2D eigenvalue weighted by Gasteiger charge is -2.42. The Bertz CT molecular complexity index is 1060. The molecule has 0 spiro atoms. The number of carbonyl (C=O) groups excluding carboxylic acids is 1. The van der Waals surface area contributed by atoms with Crippen LogP contribution in [0.1, 0.15) is 18.4 Å². The number of nitrogens with zero attached hydrogens (tertiary/aromatic N) is 3. The summed E-state index contributed by atoms with van der Waals surface area (Å²) in [6, 6.07) is 14.1. The van der Waals surface area contributed by atoms with Crippen LogP contribution in [0.4, 0.5) is 10.1 Å². The summed E-state index contributed by atoms with van der Waals surface area (Å²) < 4.78 is 24.4. The summed E-state index contributed by atoms with van der Waals surface area (Å²) in [6.45, 7) is 4.88. The Morgan fingerprint density at radius 2 is 1.76 bits per heavy atom. The predicted molar refractivity (Wildman–Crippen MR) is 139 cm³/mol. The van der Waals surface area contributed by atoms with Gasteiger partial charge in [0.15, 0.2) is 0 Å². The zero-order chi connectivity index (χ0) is 26.5. The van der Waals surface area contributed by atoms with Crippen LogP contribution in [0.15, 0.2) is 48.5 Å². The van der Waals surface area contributed by atoms with Crippen molar-refractivity contribution in [2.24, 2.45) is 0 Å². The second-order valence-electron chi connectivity index (χ2n) is 10.5. The van der Waals surface area contributed by atoms with Crippen molar-refractivity contribution >= 4 is 11.6 Å². The van der Waals surface area contributed by atoms with Gasteiger partial charge < -0.3 is 29.5 Å². The number of carbonyl (C=O) groups is 1. The highest BCUT2D eigenvalue weighted by Crippen LogP contribution is 2.29. The second kappa shape index (κ2) is 11.8. The zero-order valence-corrected chi connectivity index (χ0v) is 21.7. The molecule has 37 heavy (non-hydrogen) atoms. The Balaban J connectivity index is 1.43. The molecule has 1 amide bonds. The number of rotatable bonds is 8. The zero-order valence-electron chi connectivity index (χ0n) is 21.7. The minimum absolute atomic E-state index is 0.0561. The molecule has 9 heteroatoms. The first-order chi connectivity index (χ1) is 17.7. The third-order valence-electron chi connectivity index (χ3n) is 7.19. The molecule has 0 unspecified atom stereocenters.